The number of carbonyl (C=O) groups is 1. The third kappa shape index (κ3) is 3.57. The molecule has 0 saturated carbocycles. The molecule has 1 amide bonds. The predicted molar refractivity (Wildman–Crippen MR) is 75.9 cm³/mol. The van der Waals surface area contributed by atoms with Crippen molar-refractivity contribution in [2.24, 2.45) is 0 Å². The van der Waals surface area contributed by atoms with Gasteiger partial charge in [0.15, 0.2) is 9.84 Å². The van der Waals surface area contributed by atoms with Gasteiger partial charge >= 0.3 is 0 Å². The highest BCUT2D eigenvalue weighted by Crippen LogP contribution is 2.17. The lowest BCUT2D eigenvalue weighted by molar-refractivity contribution is -0.113. The normalized spacial score (nSPS) is 11.6. The number of amides is 1. The molecule has 0 atom stereocenters. The highest BCUT2D eigenvalue weighted by atomic mass is 32.2. The van der Waals surface area contributed by atoms with Gasteiger partial charge in [0, 0.05) is 22.8 Å². The van der Waals surface area contributed by atoms with Crippen LogP contribution in [-0.2, 0) is 14.6 Å². The number of anilines is 1. The van der Waals surface area contributed by atoms with E-state index in [9.17, 15) is 13.2 Å². The molecule has 1 aromatic heterocycles. The summed E-state index contributed by atoms with van der Waals surface area (Å²) in [4.78, 5) is 14.7. The summed E-state index contributed by atoms with van der Waals surface area (Å²) < 4.78 is 23.1. The van der Waals surface area contributed by atoms with Crippen LogP contribution in [0.5, 0.6) is 0 Å². The maximum atomic E-state index is 11.7. The average molecular weight is 280 g/mol. The second kappa shape index (κ2) is 5.44. The average Bonchev–Trinajstić information content (AvgIpc) is 2.74. The fourth-order valence-electron chi connectivity index (χ4n) is 1.91. The Balaban J connectivity index is 2.06. The van der Waals surface area contributed by atoms with E-state index in [-0.39, 0.29) is 5.75 Å². The van der Waals surface area contributed by atoms with Crippen LogP contribution < -0.4 is 5.32 Å². The van der Waals surface area contributed by atoms with Crippen LogP contribution in [0.2, 0.25) is 0 Å². The number of hydrogen-bond donors (Lipinski definition) is 2. The third-order valence-corrected chi connectivity index (χ3v) is 4.44. The van der Waals surface area contributed by atoms with E-state index in [1.807, 2.05) is 18.3 Å². The van der Waals surface area contributed by atoms with E-state index in [0.29, 0.717) is 12.1 Å². The van der Waals surface area contributed by atoms with Gasteiger partial charge in [-0.3, -0.25) is 4.79 Å². The summed E-state index contributed by atoms with van der Waals surface area (Å²) >= 11 is 0. The van der Waals surface area contributed by atoms with E-state index >= 15 is 0 Å². The molecule has 1 aromatic carbocycles. The highest BCUT2D eigenvalue weighted by Gasteiger charge is 2.15. The summed E-state index contributed by atoms with van der Waals surface area (Å²) in [5.41, 5.74) is 1.57. The molecular formula is C13H16N2O3S. The van der Waals surface area contributed by atoms with Gasteiger partial charge in [0.2, 0.25) is 5.91 Å². The van der Waals surface area contributed by atoms with Gasteiger partial charge in [0.25, 0.3) is 0 Å². The van der Waals surface area contributed by atoms with E-state index in [1.165, 1.54) is 0 Å². The van der Waals surface area contributed by atoms with Crippen molar-refractivity contribution in [1.82, 2.24) is 4.98 Å². The van der Waals surface area contributed by atoms with Crippen LogP contribution in [0.4, 0.5) is 5.69 Å². The van der Waals surface area contributed by atoms with Crippen LogP contribution >= 0.6 is 0 Å². The van der Waals surface area contributed by atoms with Crippen LogP contribution in [0.3, 0.4) is 0 Å². The molecule has 0 radical (unpaired) electrons. The smallest absolute Gasteiger partial charge is 0.239 e. The number of aromatic amines is 1. The minimum Gasteiger partial charge on any atom is -0.361 e. The molecule has 0 unspecified atom stereocenters. The van der Waals surface area contributed by atoms with Gasteiger partial charge in [-0.15, -0.1) is 0 Å². The van der Waals surface area contributed by atoms with E-state index in [0.717, 1.165) is 10.9 Å². The maximum Gasteiger partial charge on any atom is 0.239 e. The molecule has 19 heavy (non-hydrogen) atoms. The first-order valence-electron chi connectivity index (χ1n) is 6.07. The quantitative estimate of drug-likeness (QED) is 0.878. The first kappa shape index (κ1) is 13.6. The SMILES string of the molecule is CCCS(=O)(=O)CC(=O)Nc1ccc2[nH]ccc2c1. The second-order valence-corrected chi connectivity index (χ2v) is 6.60. The molecular weight excluding hydrogens is 264 g/mol. The lowest BCUT2D eigenvalue weighted by atomic mass is 10.2. The van der Waals surface area contributed by atoms with Gasteiger partial charge in [0.1, 0.15) is 5.75 Å². The Kier molecular flexibility index (Phi) is 3.90. The van der Waals surface area contributed by atoms with Crippen LogP contribution in [0, 0.1) is 0 Å². The topological polar surface area (TPSA) is 79.0 Å². The van der Waals surface area contributed by atoms with E-state index in [1.54, 1.807) is 19.1 Å². The molecule has 102 valence electrons. The summed E-state index contributed by atoms with van der Waals surface area (Å²) in [6.45, 7) is 1.77. The Morgan fingerprint density at radius 2 is 2.11 bits per heavy atom. The molecule has 0 aliphatic heterocycles. The Morgan fingerprint density at radius 3 is 2.84 bits per heavy atom. The van der Waals surface area contributed by atoms with Crippen LogP contribution in [0.15, 0.2) is 30.5 Å². The Hall–Kier alpha value is -1.82. The van der Waals surface area contributed by atoms with Crippen molar-refractivity contribution in [3.8, 4) is 0 Å². The van der Waals surface area contributed by atoms with Crippen molar-refractivity contribution in [2.45, 2.75) is 13.3 Å². The van der Waals surface area contributed by atoms with Crippen molar-refractivity contribution in [3.63, 3.8) is 0 Å². The summed E-state index contributed by atoms with van der Waals surface area (Å²) in [6, 6.07) is 7.27. The molecule has 2 aromatic rings. The molecule has 0 aliphatic carbocycles. The van der Waals surface area contributed by atoms with Gasteiger partial charge in [-0.25, -0.2) is 8.42 Å². The molecule has 1 heterocycles. The zero-order valence-corrected chi connectivity index (χ0v) is 11.5. The van der Waals surface area contributed by atoms with Crippen molar-refractivity contribution in [2.75, 3.05) is 16.8 Å². The van der Waals surface area contributed by atoms with E-state index in [2.05, 4.69) is 10.3 Å². The molecule has 5 nitrogen and oxygen atoms in total. The molecule has 2 N–H and O–H groups in total. The predicted octanol–water partition coefficient (Wildman–Crippen LogP) is 1.93. The van der Waals surface area contributed by atoms with Crippen LogP contribution in [0.1, 0.15) is 13.3 Å². The summed E-state index contributed by atoms with van der Waals surface area (Å²) in [7, 11) is -3.30. The molecule has 0 saturated heterocycles. The number of fused-ring (bicyclic) bond motifs is 1. The summed E-state index contributed by atoms with van der Waals surface area (Å²) in [5, 5.41) is 3.57. The van der Waals surface area contributed by atoms with E-state index < -0.39 is 21.5 Å². The summed E-state index contributed by atoms with van der Waals surface area (Å²) in [5.74, 6) is -0.924. The highest BCUT2D eigenvalue weighted by molar-refractivity contribution is 7.92. The Morgan fingerprint density at radius 1 is 1.32 bits per heavy atom. The molecule has 0 spiro atoms. The minimum atomic E-state index is -3.30. The van der Waals surface area contributed by atoms with Crippen LogP contribution in [0.25, 0.3) is 10.9 Å². The molecule has 0 bridgehead atoms. The standard InChI is InChI=1S/C13H16N2O3S/c1-2-7-19(17,18)9-13(16)15-11-3-4-12-10(8-11)5-6-14-12/h3-6,8,14H,2,7,9H2,1H3,(H,15,16). The number of hydrogen-bond acceptors (Lipinski definition) is 3. The number of benzene rings is 1. The van der Waals surface area contributed by atoms with Crippen molar-refractivity contribution < 1.29 is 13.2 Å². The minimum absolute atomic E-state index is 0.0390. The number of rotatable bonds is 5. The second-order valence-electron chi connectivity index (χ2n) is 4.42. The first-order valence-corrected chi connectivity index (χ1v) is 7.90. The van der Waals surface area contributed by atoms with Crippen molar-refractivity contribution in [3.05, 3.63) is 30.5 Å². The molecule has 0 fully saturated rings. The third-order valence-electron chi connectivity index (χ3n) is 2.70. The molecule has 0 aliphatic rings. The molecule has 6 heteroatoms. The van der Waals surface area contributed by atoms with Gasteiger partial charge in [-0.05, 0) is 30.7 Å². The summed E-state index contributed by atoms with van der Waals surface area (Å²) in [6.07, 6.45) is 2.33. The fourth-order valence-corrected chi connectivity index (χ4v) is 3.15. The number of sulfone groups is 1. The van der Waals surface area contributed by atoms with Gasteiger partial charge in [0.05, 0.1) is 5.75 Å². The monoisotopic (exact) mass is 280 g/mol. The number of H-pyrrole nitrogens is 1. The van der Waals surface area contributed by atoms with Gasteiger partial charge in [-0.2, -0.15) is 0 Å². The number of aromatic nitrogens is 1. The maximum absolute atomic E-state index is 11.7. The first-order chi connectivity index (χ1) is 9.00. The van der Waals surface area contributed by atoms with Gasteiger partial charge in [-0.1, -0.05) is 6.92 Å². The van der Waals surface area contributed by atoms with Crippen LogP contribution in [-0.4, -0.2) is 30.8 Å². The van der Waals surface area contributed by atoms with Gasteiger partial charge < -0.3 is 10.3 Å². The largest absolute Gasteiger partial charge is 0.361 e. The fraction of sp³-hybridized carbons (Fsp3) is 0.308. The molecule has 2 rings (SSSR count). The Bertz CT molecular complexity index is 689. The zero-order valence-electron chi connectivity index (χ0n) is 10.6. The lowest BCUT2D eigenvalue weighted by Gasteiger charge is -2.06. The van der Waals surface area contributed by atoms with Crippen molar-refractivity contribution in [1.29, 1.82) is 0 Å². The number of nitrogens with one attached hydrogen (secondary N) is 2. The lowest BCUT2D eigenvalue weighted by Crippen LogP contribution is -2.24. The van der Waals surface area contributed by atoms with Crippen molar-refractivity contribution >= 4 is 32.3 Å². The Labute approximate surface area is 111 Å². The number of carbonyl (C=O) groups excluding carboxylic acids is 1. The zero-order chi connectivity index (χ0) is 13.9. The van der Waals surface area contributed by atoms with E-state index in [4.69, 9.17) is 0 Å².